The summed E-state index contributed by atoms with van der Waals surface area (Å²) >= 11 is 0. The average molecular weight is 482 g/mol. The SMILES string of the molecule is C#Cc1cc(CNC(=O)C=Cc2ccc(C(F)(F)F)cc2CCC)cc(F)c1NS(C)(=O)=O. The van der Waals surface area contributed by atoms with Crippen LogP contribution in [0.5, 0.6) is 0 Å². The molecule has 2 aromatic rings. The molecular formula is C23H22F4N2O3S. The zero-order chi connectivity index (χ0) is 24.8. The van der Waals surface area contributed by atoms with Gasteiger partial charge < -0.3 is 5.32 Å². The summed E-state index contributed by atoms with van der Waals surface area (Å²) in [4.78, 5) is 12.2. The lowest BCUT2D eigenvalue weighted by Crippen LogP contribution is -2.21. The third-order valence-corrected chi connectivity index (χ3v) is 5.04. The van der Waals surface area contributed by atoms with Gasteiger partial charge in [-0.3, -0.25) is 9.52 Å². The maximum Gasteiger partial charge on any atom is 0.416 e. The van der Waals surface area contributed by atoms with Crippen molar-refractivity contribution in [2.24, 2.45) is 0 Å². The first-order valence-electron chi connectivity index (χ1n) is 9.77. The van der Waals surface area contributed by atoms with E-state index < -0.39 is 33.5 Å². The molecule has 0 saturated heterocycles. The predicted molar refractivity (Wildman–Crippen MR) is 119 cm³/mol. The summed E-state index contributed by atoms with van der Waals surface area (Å²) in [6, 6.07) is 5.72. The Kier molecular flexibility index (Phi) is 8.28. The van der Waals surface area contributed by atoms with Crippen molar-refractivity contribution >= 4 is 27.7 Å². The highest BCUT2D eigenvalue weighted by atomic mass is 32.2. The van der Waals surface area contributed by atoms with Crippen LogP contribution >= 0.6 is 0 Å². The number of halogens is 4. The molecule has 0 bridgehead atoms. The van der Waals surface area contributed by atoms with Gasteiger partial charge in [0.1, 0.15) is 5.82 Å². The van der Waals surface area contributed by atoms with E-state index in [0.29, 0.717) is 29.5 Å². The third-order valence-electron chi connectivity index (χ3n) is 4.46. The van der Waals surface area contributed by atoms with Gasteiger partial charge in [-0.2, -0.15) is 13.2 Å². The molecule has 2 aromatic carbocycles. The molecule has 0 atom stereocenters. The summed E-state index contributed by atoms with van der Waals surface area (Å²) in [7, 11) is -3.75. The standard InChI is InChI=1S/C23H22F4N2O3S/c1-4-6-18-13-19(23(25,26)27)9-7-17(18)8-10-21(30)28-14-15-11-16(5-2)22(20(24)12-15)29-33(3,31)32/h2,7-13,29H,4,6,14H2,1,3H3,(H,28,30). The monoisotopic (exact) mass is 482 g/mol. The van der Waals surface area contributed by atoms with Crippen LogP contribution in [0.3, 0.4) is 0 Å². The number of carbonyl (C=O) groups is 1. The maximum absolute atomic E-state index is 14.3. The Balaban J connectivity index is 2.15. The lowest BCUT2D eigenvalue weighted by molar-refractivity contribution is -0.137. The Morgan fingerprint density at radius 3 is 2.48 bits per heavy atom. The zero-order valence-corrected chi connectivity index (χ0v) is 18.7. The Morgan fingerprint density at radius 2 is 1.91 bits per heavy atom. The minimum atomic E-state index is -4.46. The molecule has 0 aliphatic heterocycles. The van der Waals surface area contributed by atoms with E-state index in [4.69, 9.17) is 6.42 Å². The van der Waals surface area contributed by atoms with E-state index in [2.05, 4.69) is 11.2 Å². The maximum atomic E-state index is 14.3. The van der Waals surface area contributed by atoms with Gasteiger partial charge in [-0.1, -0.05) is 25.3 Å². The highest BCUT2D eigenvalue weighted by Gasteiger charge is 2.30. The molecule has 2 rings (SSSR count). The molecule has 0 unspecified atom stereocenters. The van der Waals surface area contributed by atoms with Crippen LogP contribution in [0.2, 0.25) is 0 Å². The largest absolute Gasteiger partial charge is 0.416 e. The first kappa shape index (κ1) is 25.9. The topological polar surface area (TPSA) is 75.3 Å². The normalized spacial score (nSPS) is 11.9. The number of hydrogen-bond donors (Lipinski definition) is 2. The molecule has 33 heavy (non-hydrogen) atoms. The first-order valence-corrected chi connectivity index (χ1v) is 11.7. The molecule has 0 heterocycles. The molecule has 0 aliphatic carbocycles. The number of rotatable bonds is 8. The Morgan fingerprint density at radius 1 is 1.21 bits per heavy atom. The second-order valence-corrected chi connectivity index (χ2v) is 8.98. The van der Waals surface area contributed by atoms with Crippen LogP contribution in [0.4, 0.5) is 23.2 Å². The fourth-order valence-corrected chi connectivity index (χ4v) is 3.59. The van der Waals surface area contributed by atoms with Gasteiger partial charge in [-0.15, -0.1) is 6.42 Å². The van der Waals surface area contributed by atoms with E-state index in [0.717, 1.165) is 24.5 Å². The van der Waals surface area contributed by atoms with Crippen LogP contribution in [0.15, 0.2) is 36.4 Å². The number of terminal acetylenes is 1. The second kappa shape index (κ2) is 10.5. The summed E-state index contributed by atoms with van der Waals surface area (Å²) in [5, 5.41) is 2.52. The molecule has 5 nitrogen and oxygen atoms in total. The molecule has 0 spiro atoms. The van der Waals surface area contributed by atoms with Gasteiger partial charge in [-0.05, 0) is 53.5 Å². The molecule has 0 aromatic heterocycles. The lowest BCUT2D eigenvalue weighted by atomic mass is 9.99. The van der Waals surface area contributed by atoms with E-state index in [1.165, 1.54) is 24.3 Å². The van der Waals surface area contributed by atoms with Crippen molar-refractivity contribution in [2.75, 3.05) is 11.0 Å². The van der Waals surface area contributed by atoms with Crippen molar-refractivity contribution in [3.8, 4) is 12.3 Å². The Bertz CT molecular complexity index is 1210. The minimum absolute atomic E-state index is 0.0332. The van der Waals surface area contributed by atoms with Crippen molar-refractivity contribution < 1.29 is 30.8 Å². The van der Waals surface area contributed by atoms with E-state index in [1.807, 2.05) is 11.6 Å². The summed E-state index contributed by atoms with van der Waals surface area (Å²) in [6.07, 6.45) is 5.34. The summed E-state index contributed by atoms with van der Waals surface area (Å²) in [5.74, 6) is 0.738. The lowest BCUT2D eigenvalue weighted by Gasteiger charge is -2.12. The van der Waals surface area contributed by atoms with Gasteiger partial charge in [0.2, 0.25) is 15.9 Å². The van der Waals surface area contributed by atoms with Gasteiger partial charge in [-0.25, -0.2) is 12.8 Å². The summed E-state index contributed by atoms with van der Waals surface area (Å²) in [6.45, 7) is 1.73. The molecule has 0 saturated carbocycles. The molecule has 0 fully saturated rings. The predicted octanol–water partition coefficient (Wildman–Crippen LogP) is 4.48. The van der Waals surface area contributed by atoms with Crippen molar-refractivity contribution in [3.05, 3.63) is 70.0 Å². The fraction of sp³-hybridized carbons (Fsp3) is 0.261. The number of nitrogens with one attached hydrogen (secondary N) is 2. The molecule has 1 amide bonds. The second-order valence-electron chi connectivity index (χ2n) is 7.23. The molecule has 10 heteroatoms. The van der Waals surface area contributed by atoms with Crippen LogP contribution in [0.25, 0.3) is 6.08 Å². The third kappa shape index (κ3) is 7.64. The number of sulfonamides is 1. The number of benzene rings is 2. The molecular weight excluding hydrogens is 460 g/mol. The van der Waals surface area contributed by atoms with Crippen molar-refractivity contribution in [2.45, 2.75) is 32.5 Å². The van der Waals surface area contributed by atoms with Crippen molar-refractivity contribution in [1.82, 2.24) is 5.32 Å². The Labute approximate surface area is 189 Å². The number of aryl methyl sites for hydroxylation is 1. The Hall–Kier alpha value is -3.32. The van der Waals surface area contributed by atoms with Gasteiger partial charge in [0.25, 0.3) is 0 Å². The number of amides is 1. The molecule has 176 valence electrons. The highest BCUT2D eigenvalue weighted by molar-refractivity contribution is 7.92. The number of hydrogen-bond acceptors (Lipinski definition) is 3. The van der Waals surface area contributed by atoms with Crippen LogP contribution in [-0.4, -0.2) is 20.6 Å². The average Bonchev–Trinajstić information content (AvgIpc) is 2.71. The van der Waals surface area contributed by atoms with Gasteiger partial charge in [0, 0.05) is 12.6 Å². The van der Waals surface area contributed by atoms with Crippen molar-refractivity contribution in [1.29, 1.82) is 0 Å². The van der Waals surface area contributed by atoms with Crippen LogP contribution < -0.4 is 10.0 Å². The van der Waals surface area contributed by atoms with Gasteiger partial charge >= 0.3 is 6.18 Å². The van der Waals surface area contributed by atoms with Crippen LogP contribution in [0.1, 0.15) is 41.2 Å². The number of anilines is 1. The number of carbonyl (C=O) groups excluding carboxylic acids is 1. The minimum Gasteiger partial charge on any atom is -0.348 e. The van der Waals surface area contributed by atoms with Gasteiger partial charge in [0.05, 0.1) is 23.1 Å². The molecule has 0 radical (unpaired) electrons. The van der Waals surface area contributed by atoms with Crippen molar-refractivity contribution in [3.63, 3.8) is 0 Å². The van der Waals surface area contributed by atoms with Crippen LogP contribution in [0, 0.1) is 18.2 Å². The quantitative estimate of drug-likeness (QED) is 0.331. The number of alkyl halides is 3. The smallest absolute Gasteiger partial charge is 0.348 e. The molecule has 2 N–H and O–H groups in total. The van der Waals surface area contributed by atoms with E-state index in [9.17, 15) is 30.8 Å². The van der Waals surface area contributed by atoms with E-state index >= 15 is 0 Å². The van der Waals surface area contributed by atoms with E-state index in [1.54, 1.807) is 0 Å². The van der Waals surface area contributed by atoms with Gasteiger partial charge in [0.15, 0.2) is 0 Å². The summed E-state index contributed by atoms with van der Waals surface area (Å²) < 4.78 is 77.9. The highest BCUT2D eigenvalue weighted by Crippen LogP contribution is 2.31. The molecule has 0 aliphatic rings. The zero-order valence-electron chi connectivity index (χ0n) is 17.9. The fourth-order valence-electron chi connectivity index (χ4n) is 3.01. The van der Waals surface area contributed by atoms with Crippen LogP contribution in [-0.2, 0) is 34.0 Å². The summed E-state index contributed by atoms with van der Waals surface area (Å²) in [5.41, 5.74) is 0.0907. The first-order chi connectivity index (χ1) is 15.3. The van der Waals surface area contributed by atoms with E-state index in [-0.39, 0.29) is 17.8 Å².